The number of hydrogen-bond acceptors (Lipinski definition) is 4. The summed E-state index contributed by atoms with van der Waals surface area (Å²) >= 11 is 5.54. The molecule has 0 saturated carbocycles. The van der Waals surface area contributed by atoms with Crippen LogP contribution in [-0.4, -0.2) is 49.4 Å². The molecule has 1 heterocycles. The average molecular weight is 337 g/mol. The van der Waals surface area contributed by atoms with Crippen molar-refractivity contribution in [2.75, 3.05) is 43.5 Å². The summed E-state index contributed by atoms with van der Waals surface area (Å²) in [6, 6.07) is 8.21. The fourth-order valence-electron chi connectivity index (χ4n) is 2.36. The van der Waals surface area contributed by atoms with Gasteiger partial charge in [0.25, 0.3) is 5.91 Å². The average Bonchev–Trinajstić information content (AvgIpc) is 2.59. The van der Waals surface area contributed by atoms with E-state index in [4.69, 9.17) is 16.9 Å². The predicted octanol–water partition coefficient (Wildman–Crippen LogP) is 1.71. The Kier molecular flexibility index (Phi) is 6.24. The summed E-state index contributed by atoms with van der Waals surface area (Å²) < 4.78 is 13.0. The second-order valence-corrected chi connectivity index (χ2v) is 5.45. The third-order valence-electron chi connectivity index (χ3n) is 3.59. The second-order valence-electron chi connectivity index (χ2n) is 5.07. The van der Waals surface area contributed by atoms with Gasteiger partial charge in [-0.1, -0.05) is 0 Å². The van der Waals surface area contributed by atoms with Gasteiger partial charge < -0.3 is 15.1 Å². The van der Waals surface area contributed by atoms with Crippen LogP contribution in [0.2, 0.25) is 0 Å². The van der Waals surface area contributed by atoms with Crippen molar-refractivity contribution in [2.24, 2.45) is 0 Å². The molecule has 1 aliphatic heterocycles. The van der Waals surface area contributed by atoms with E-state index in [9.17, 15) is 9.18 Å². The highest BCUT2D eigenvalue weighted by atomic mass is 35.5. The molecule has 0 aliphatic carbocycles. The molecule has 0 unspecified atom stereocenters. The highest BCUT2D eigenvalue weighted by Gasteiger charge is 2.23. The number of nitrogens with zero attached hydrogens (tertiary/aromatic N) is 3. The zero-order chi connectivity index (χ0) is 16.7. The lowest BCUT2D eigenvalue weighted by molar-refractivity contribution is -0.127. The molecule has 1 fully saturated rings. The molecular formula is C16H18ClFN4O. The Labute approximate surface area is 139 Å². The van der Waals surface area contributed by atoms with E-state index in [1.54, 1.807) is 17.0 Å². The molecule has 2 rings (SSSR count). The van der Waals surface area contributed by atoms with Gasteiger partial charge in [-0.05, 0) is 24.3 Å². The van der Waals surface area contributed by atoms with Crippen LogP contribution in [0.5, 0.6) is 0 Å². The maximum Gasteiger partial charge on any atom is 0.266 e. The monoisotopic (exact) mass is 336 g/mol. The number of amides is 1. The minimum Gasteiger partial charge on any atom is -0.388 e. The van der Waals surface area contributed by atoms with Crippen molar-refractivity contribution in [3.63, 3.8) is 0 Å². The van der Waals surface area contributed by atoms with Gasteiger partial charge in [-0.15, -0.1) is 11.6 Å². The Morgan fingerprint density at radius 3 is 2.52 bits per heavy atom. The molecule has 23 heavy (non-hydrogen) atoms. The first-order chi connectivity index (χ1) is 11.2. The quantitative estimate of drug-likeness (QED) is 0.385. The third kappa shape index (κ3) is 4.60. The van der Waals surface area contributed by atoms with E-state index in [0.717, 1.165) is 5.69 Å². The van der Waals surface area contributed by atoms with E-state index in [1.165, 1.54) is 18.3 Å². The van der Waals surface area contributed by atoms with Crippen molar-refractivity contribution in [3.05, 3.63) is 41.9 Å². The first kappa shape index (κ1) is 17.1. The van der Waals surface area contributed by atoms with Crippen LogP contribution in [0.25, 0.3) is 0 Å². The number of benzene rings is 1. The minimum absolute atomic E-state index is 0.0744. The number of rotatable bonds is 5. The Bertz CT molecular complexity index is 604. The summed E-state index contributed by atoms with van der Waals surface area (Å²) in [6.45, 7) is 2.82. The molecule has 0 spiro atoms. The van der Waals surface area contributed by atoms with Crippen LogP contribution in [-0.2, 0) is 4.79 Å². The Balaban J connectivity index is 1.92. The molecule has 122 valence electrons. The van der Waals surface area contributed by atoms with Crippen molar-refractivity contribution >= 4 is 23.2 Å². The zero-order valence-corrected chi connectivity index (χ0v) is 13.4. The highest BCUT2D eigenvalue weighted by Crippen LogP contribution is 2.17. The van der Waals surface area contributed by atoms with Gasteiger partial charge in [0, 0.05) is 50.5 Å². The summed E-state index contributed by atoms with van der Waals surface area (Å²) in [7, 11) is 0. The number of carbonyl (C=O) groups is 1. The van der Waals surface area contributed by atoms with E-state index >= 15 is 0 Å². The molecule has 0 radical (unpaired) electrons. The lowest BCUT2D eigenvalue weighted by atomic mass is 10.2. The molecule has 0 aromatic heterocycles. The van der Waals surface area contributed by atoms with Crippen LogP contribution < -0.4 is 10.2 Å². The number of carbonyl (C=O) groups excluding carboxylic acids is 1. The van der Waals surface area contributed by atoms with Crippen LogP contribution >= 0.6 is 11.6 Å². The van der Waals surface area contributed by atoms with Gasteiger partial charge in [0.1, 0.15) is 17.5 Å². The molecule has 1 aromatic rings. The lowest BCUT2D eigenvalue weighted by Gasteiger charge is -2.36. The van der Waals surface area contributed by atoms with E-state index < -0.39 is 0 Å². The third-order valence-corrected chi connectivity index (χ3v) is 3.78. The summed E-state index contributed by atoms with van der Waals surface area (Å²) in [5, 5.41) is 11.9. The molecule has 1 amide bonds. The number of piperazine rings is 1. The van der Waals surface area contributed by atoms with Crippen molar-refractivity contribution in [1.82, 2.24) is 10.2 Å². The molecule has 0 atom stereocenters. The van der Waals surface area contributed by atoms with E-state index in [0.29, 0.717) is 38.6 Å². The topological polar surface area (TPSA) is 59.4 Å². The predicted molar refractivity (Wildman–Crippen MR) is 87.6 cm³/mol. The number of nitrogens with one attached hydrogen (secondary N) is 1. The van der Waals surface area contributed by atoms with Gasteiger partial charge >= 0.3 is 0 Å². The van der Waals surface area contributed by atoms with Gasteiger partial charge in [-0.25, -0.2) is 4.39 Å². The second kappa shape index (κ2) is 8.39. The molecule has 0 bridgehead atoms. The summed E-state index contributed by atoms with van der Waals surface area (Å²) in [6.07, 6.45) is 1.41. The van der Waals surface area contributed by atoms with Gasteiger partial charge in [0.05, 0.1) is 0 Å². The largest absolute Gasteiger partial charge is 0.388 e. The molecule has 1 aliphatic rings. The van der Waals surface area contributed by atoms with Crippen LogP contribution in [0.1, 0.15) is 0 Å². The molecule has 1 aromatic carbocycles. The van der Waals surface area contributed by atoms with E-state index in [-0.39, 0.29) is 17.3 Å². The fourth-order valence-corrected chi connectivity index (χ4v) is 2.47. The van der Waals surface area contributed by atoms with E-state index in [1.807, 2.05) is 6.07 Å². The number of alkyl halides is 1. The summed E-state index contributed by atoms with van der Waals surface area (Å²) in [4.78, 5) is 16.0. The van der Waals surface area contributed by atoms with Crippen LogP contribution in [0.4, 0.5) is 10.1 Å². The Morgan fingerprint density at radius 1 is 1.30 bits per heavy atom. The van der Waals surface area contributed by atoms with Gasteiger partial charge in [-0.3, -0.25) is 4.79 Å². The molecule has 1 saturated heterocycles. The molecule has 5 nitrogen and oxygen atoms in total. The van der Waals surface area contributed by atoms with Crippen LogP contribution in [0.3, 0.4) is 0 Å². The van der Waals surface area contributed by atoms with E-state index in [2.05, 4.69) is 10.2 Å². The zero-order valence-electron chi connectivity index (χ0n) is 12.6. The van der Waals surface area contributed by atoms with Gasteiger partial charge in [0.2, 0.25) is 0 Å². The van der Waals surface area contributed by atoms with Gasteiger partial charge in [-0.2, -0.15) is 5.26 Å². The van der Waals surface area contributed by atoms with Crippen molar-refractivity contribution in [3.8, 4) is 6.07 Å². The van der Waals surface area contributed by atoms with Crippen molar-refractivity contribution in [2.45, 2.75) is 0 Å². The maximum atomic E-state index is 13.0. The highest BCUT2D eigenvalue weighted by molar-refractivity contribution is 6.18. The SMILES string of the molecule is N#C/C(=C/NCCCl)C(=O)N1CCN(c2ccc(F)cc2)CC1. The summed E-state index contributed by atoms with van der Waals surface area (Å²) in [5.41, 5.74) is 1.00. The first-order valence-corrected chi connectivity index (χ1v) is 7.88. The smallest absolute Gasteiger partial charge is 0.266 e. The summed E-state index contributed by atoms with van der Waals surface area (Å²) in [5.74, 6) is -0.149. The van der Waals surface area contributed by atoms with Crippen molar-refractivity contribution < 1.29 is 9.18 Å². The first-order valence-electron chi connectivity index (χ1n) is 7.35. The minimum atomic E-state index is -0.284. The van der Waals surface area contributed by atoms with Gasteiger partial charge in [0.15, 0.2) is 0 Å². The van der Waals surface area contributed by atoms with Crippen LogP contribution in [0, 0.1) is 17.1 Å². The normalized spacial score (nSPS) is 15.3. The molecule has 7 heteroatoms. The number of nitriles is 1. The molecule has 1 N–H and O–H groups in total. The number of hydrogen-bond donors (Lipinski definition) is 1. The maximum absolute atomic E-state index is 13.0. The lowest BCUT2D eigenvalue weighted by Crippen LogP contribution is -2.49. The Hall–Kier alpha value is -2.26. The fraction of sp³-hybridized carbons (Fsp3) is 0.375. The number of anilines is 1. The Morgan fingerprint density at radius 2 is 1.96 bits per heavy atom. The standard InChI is InChI=1S/C16H18ClFN4O/c17-5-6-20-12-13(11-19)16(23)22-9-7-21(8-10-22)15-3-1-14(18)2-4-15/h1-4,12,20H,5-10H2/b13-12-. The number of halogens is 2. The molecular weight excluding hydrogens is 319 g/mol. The van der Waals surface area contributed by atoms with Crippen LogP contribution in [0.15, 0.2) is 36.0 Å². The van der Waals surface area contributed by atoms with Crippen molar-refractivity contribution in [1.29, 1.82) is 5.26 Å².